The lowest BCUT2D eigenvalue weighted by Gasteiger charge is -2.06. The Hall–Kier alpha value is -2.23. The smallest absolute Gasteiger partial charge is 0.338 e. The maximum absolute atomic E-state index is 11.4. The summed E-state index contributed by atoms with van der Waals surface area (Å²) < 4.78 is 9.89. The number of hydrogen-bond donors (Lipinski definition) is 1. The van der Waals surface area contributed by atoms with Gasteiger partial charge in [-0.15, -0.1) is 0 Å². The van der Waals surface area contributed by atoms with Crippen LogP contribution in [0.2, 0.25) is 0 Å². The lowest BCUT2D eigenvalue weighted by molar-refractivity contribution is 0.0526. The van der Waals surface area contributed by atoms with Crippen molar-refractivity contribution in [2.45, 2.75) is 13.5 Å². The van der Waals surface area contributed by atoms with Crippen molar-refractivity contribution in [1.82, 2.24) is 0 Å². The van der Waals surface area contributed by atoms with E-state index in [2.05, 4.69) is 5.32 Å². The summed E-state index contributed by atoms with van der Waals surface area (Å²) in [4.78, 5) is 11.4. The molecule has 1 heterocycles. The number of hydrogen-bond acceptors (Lipinski definition) is 4. The molecular weight excluding hydrogens is 230 g/mol. The second kappa shape index (κ2) is 5.91. The maximum atomic E-state index is 11.4. The predicted octanol–water partition coefficient (Wildman–Crippen LogP) is 3.07. The molecular formula is C14H15NO3. The van der Waals surface area contributed by atoms with Gasteiger partial charge < -0.3 is 14.5 Å². The van der Waals surface area contributed by atoms with Gasteiger partial charge in [0, 0.05) is 17.8 Å². The number of carbonyl (C=O) groups is 1. The molecule has 0 amide bonds. The van der Waals surface area contributed by atoms with Gasteiger partial charge in [-0.1, -0.05) is 0 Å². The van der Waals surface area contributed by atoms with E-state index in [0.717, 1.165) is 11.3 Å². The molecule has 0 atom stereocenters. The molecule has 0 spiro atoms. The zero-order valence-electron chi connectivity index (χ0n) is 10.2. The first-order chi connectivity index (χ1) is 8.79. The summed E-state index contributed by atoms with van der Waals surface area (Å²) in [6.45, 7) is 2.87. The Kier molecular flexibility index (Phi) is 4.02. The number of esters is 1. The van der Waals surface area contributed by atoms with Crippen molar-refractivity contribution in [3.05, 3.63) is 54.0 Å². The Balaban J connectivity index is 1.93. The van der Waals surface area contributed by atoms with E-state index < -0.39 is 0 Å². The number of benzene rings is 1. The van der Waals surface area contributed by atoms with Crippen LogP contribution >= 0.6 is 0 Å². The van der Waals surface area contributed by atoms with Crippen molar-refractivity contribution in [3.8, 4) is 0 Å². The zero-order chi connectivity index (χ0) is 12.8. The average Bonchev–Trinajstić information content (AvgIpc) is 2.90. The van der Waals surface area contributed by atoms with Crippen LogP contribution in [0.5, 0.6) is 0 Å². The molecule has 0 bridgehead atoms. The number of furan rings is 1. The van der Waals surface area contributed by atoms with E-state index in [0.29, 0.717) is 18.7 Å². The van der Waals surface area contributed by atoms with Gasteiger partial charge in [0.25, 0.3) is 0 Å². The van der Waals surface area contributed by atoms with Crippen LogP contribution in [0.25, 0.3) is 0 Å². The molecule has 0 aliphatic carbocycles. The van der Waals surface area contributed by atoms with Crippen LogP contribution in [0.4, 0.5) is 5.69 Å². The molecule has 0 saturated heterocycles. The Morgan fingerprint density at radius 3 is 2.67 bits per heavy atom. The normalized spacial score (nSPS) is 10.1. The van der Waals surface area contributed by atoms with Gasteiger partial charge in [-0.2, -0.15) is 0 Å². The molecule has 4 nitrogen and oxygen atoms in total. The highest BCUT2D eigenvalue weighted by molar-refractivity contribution is 5.89. The molecule has 18 heavy (non-hydrogen) atoms. The molecule has 0 aliphatic heterocycles. The topological polar surface area (TPSA) is 51.5 Å². The molecule has 0 unspecified atom stereocenters. The van der Waals surface area contributed by atoms with Crippen molar-refractivity contribution in [2.24, 2.45) is 0 Å². The first kappa shape index (κ1) is 12.2. The van der Waals surface area contributed by atoms with Crippen LogP contribution in [0.1, 0.15) is 22.8 Å². The fourth-order valence-corrected chi connectivity index (χ4v) is 1.54. The van der Waals surface area contributed by atoms with Crippen LogP contribution in [-0.2, 0) is 11.3 Å². The average molecular weight is 245 g/mol. The minimum atomic E-state index is -0.293. The lowest BCUT2D eigenvalue weighted by atomic mass is 10.2. The van der Waals surface area contributed by atoms with Crippen molar-refractivity contribution in [3.63, 3.8) is 0 Å². The summed E-state index contributed by atoms with van der Waals surface area (Å²) in [5.41, 5.74) is 2.58. The zero-order valence-corrected chi connectivity index (χ0v) is 10.2. The lowest BCUT2D eigenvalue weighted by Crippen LogP contribution is -2.04. The summed E-state index contributed by atoms with van der Waals surface area (Å²) in [5, 5.41) is 3.23. The van der Waals surface area contributed by atoms with Crippen LogP contribution in [0.15, 0.2) is 47.3 Å². The van der Waals surface area contributed by atoms with Gasteiger partial charge in [0.05, 0.1) is 24.7 Å². The highest BCUT2D eigenvalue weighted by Gasteiger charge is 2.05. The molecule has 0 saturated carbocycles. The summed E-state index contributed by atoms with van der Waals surface area (Å²) >= 11 is 0. The number of carbonyl (C=O) groups excluding carboxylic acids is 1. The van der Waals surface area contributed by atoms with Gasteiger partial charge in [0.15, 0.2) is 0 Å². The minimum Gasteiger partial charge on any atom is -0.472 e. The summed E-state index contributed by atoms with van der Waals surface area (Å²) in [6, 6.07) is 9.10. The van der Waals surface area contributed by atoms with E-state index in [9.17, 15) is 4.79 Å². The van der Waals surface area contributed by atoms with Gasteiger partial charge in [0.1, 0.15) is 0 Å². The number of rotatable bonds is 5. The van der Waals surface area contributed by atoms with Crippen molar-refractivity contribution >= 4 is 11.7 Å². The molecule has 94 valence electrons. The van der Waals surface area contributed by atoms with E-state index in [1.54, 1.807) is 31.6 Å². The van der Waals surface area contributed by atoms with Crippen LogP contribution < -0.4 is 5.32 Å². The second-order valence-electron chi connectivity index (χ2n) is 3.78. The molecule has 2 rings (SSSR count). The predicted molar refractivity (Wildman–Crippen MR) is 68.4 cm³/mol. The molecule has 0 fully saturated rings. The first-order valence-corrected chi connectivity index (χ1v) is 5.81. The van der Waals surface area contributed by atoms with Gasteiger partial charge in [-0.3, -0.25) is 0 Å². The third-order valence-corrected chi connectivity index (χ3v) is 2.47. The van der Waals surface area contributed by atoms with E-state index in [4.69, 9.17) is 9.15 Å². The summed E-state index contributed by atoms with van der Waals surface area (Å²) in [7, 11) is 0. The van der Waals surface area contributed by atoms with Gasteiger partial charge in [-0.05, 0) is 37.3 Å². The van der Waals surface area contributed by atoms with Crippen LogP contribution in [0, 0.1) is 0 Å². The fraction of sp³-hybridized carbons (Fsp3) is 0.214. The van der Waals surface area contributed by atoms with Crippen molar-refractivity contribution in [2.75, 3.05) is 11.9 Å². The SMILES string of the molecule is CCOC(=O)c1ccc(NCc2ccoc2)cc1. The summed E-state index contributed by atoms with van der Waals surface area (Å²) in [5.74, 6) is -0.293. The molecule has 0 radical (unpaired) electrons. The monoisotopic (exact) mass is 245 g/mol. The summed E-state index contributed by atoms with van der Waals surface area (Å²) in [6.07, 6.45) is 3.33. The number of ether oxygens (including phenoxy) is 1. The van der Waals surface area contributed by atoms with Crippen molar-refractivity contribution < 1.29 is 13.9 Å². The fourth-order valence-electron chi connectivity index (χ4n) is 1.54. The van der Waals surface area contributed by atoms with E-state index in [1.807, 2.05) is 18.2 Å². The van der Waals surface area contributed by atoms with Crippen LogP contribution in [0.3, 0.4) is 0 Å². The van der Waals surface area contributed by atoms with Gasteiger partial charge >= 0.3 is 5.97 Å². The standard InChI is InChI=1S/C14H15NO3/c1-2-18-14(16)12-3-5-13(6-4-12)15-9-11-7-8-17-10-11/h3-8,10,15H,2,9H2,1H3. The van der Waals surface area contributed by atoms with Crippen LogP contribution in [-0.4, -0.2) is 12.6 Å². The third kappa shape index (κ3) is 3.13. The second-order valence-corrected chi connectivity index (χ2v) is 3.78. The largest absolute Gasteiger partial charge is 0.472 e. The van der Waals surface area contributed by atoms with Gasteiger partial charge in [0.2, 0.25) is 0 Å². The first-order valence-electron chi connectivity index (χ1n) is 5.81. The van der Waals surface area contributed by atoms with E-state index >= 15 is 0 Å². The molecule has 1 aromatic carbocycles. The Morgan fingerprint density at radius 2 is 2.06 bits per heavy atom. The number of anilines is 1. The van der Waals surface area contributed by atoms with Gasteiger partial charge in [-0.25, -0.2) is 4.79 Å². The molecule has 2 aromatic rings. The Bertz CT molecular complexity index is 488. The molecule has 4 heteroatoms. The Morgan fingerprint density at radius 1 is 1.28 bits per heavy atom. The highest BCUT2D eigenvalue weighted by atomic mass is 16.5. The molecule has 1 N–H and O–H groups in total. The number of nitrogens with one attached hydrogen (secondary N) is 1. The maximum Gasteiger partial charge on any atom is 0.338 e. The molecule has 0 aliphatic rings. The quantitative estimate of drug-likeness (QED) is 0.822. The third-order valence-electron chi connectivity index (χ3n) is 2.47. The van der Waals surface area contributed by atoms with E-state index in [1.165, 1.54) is 0 Å². The minimum absolute atomic E-state index is 0.293. The molecule has 1 aromatic heterocycles. The van der Waals surface area contributed by atoms with Crippen molar-refractivity contribution in [1.29, 1.82) is 0 Å². The van der Waals surface area contributed by atoms with E-state index in [-0.39, 0.29) is 5.97 Å². The Labute approximate surface area is 106 Å². The highest BCUT2D eigenvalue weighted by Crippen LogP contribution is 2.12.